The summed E-state index contributed by atoms with van der Waals surface area (Å²) < 4.78 is 26.2. The molecular formula is C17H19N3O3S2. The predicted octanol–water partition coefficient (Wildman–Crippen LogP) is 3.29. The number of hydrogen-bond donors (Lipinski definition) is 1. The normalized spacial score (nSPS) is 11.3. The van der Waals surface area contributed by atoms with Crippen molar-refractivity contribution in [1.29, 1.82) is 5.26 Å². The summed E-state index contributed by atoms with van der Waals surface area (Å²) in [5, 5.41) is 13.8. The lowest BCUT2D eigenvalue weighted by molar-refractivity contribution is 0.102. The van der Waals surface area contributed by atoms with Crippen LogP contribution in [0.4, 0.5) is 5.00 Å². The second-order valence-electron chi connectivity index (χ2n) is 5.43. The molecule has 0 fully saturated rings. The number of hydrogen-bond acceptors (Lipinski definition) is 5. The van der Waals surface area contributed by atoms with Crippen LogP contribution in [-0.2, 0) is 10.0 Å². The molecule has 0 aliphatic heterocycles. The summed E-state index contributed by atoms with van der Waals surface area (Å²) in [5.41, 5.74) is 0.725. The fourth-order valence-corrected chi connectivity index (χ4v) is 4.07. The van der Waals surface area contributed by atoms with E-state index in [1.54, 1.807) is 18.5 Å². The number of anilines is 1. The summed E-state index contributed by atoms with van der Waals surface area (Å²) in [6, 6.07) is 9.41. The van der Waals surface area contributed by atoms with E-state index in [4.69, 9.17) is 5.26 Å². The molecule has 1 heterocycles. The molecule has 25 heavy (non-hydrogen) atoms. The minimum atomic E-state index is -3.55. The highest BCUT2D eigenvalue weighted by molar-refractivity contribution is 7.89. The number of rotatable bonds is 7. The quantitative estimate of drug-likeness (QED) is 0.801. The highest BCUT2D eigenvalue weighted by Gasteiger charge is 2.20. The van der Waals surface area contributed by atoms with Gasteiger partial charge in [0, 0.05) is 19.2 Å². The van der Waals surface area contributed by atoms with E-state index >= 15 is 0 Å². The molecule has 8 heteroatoms. The predicted molar refractivity (Wildman–Crippen MR) is 98.2 cm³/mol. The van der Waals surface area contributed by atoms with E-state index in [2.05, 4.69) is 5.32 Å². The summed E-state index contributed by atoms with van der Waals surface area (Å²) >= 11 is 1.26. The molecule has 2 aromatic rings. The number of amides is 1. The van der Waals surface area contributed by atoms with Crippen molar-refractivity contribution in [3.8, 4) is 6.07 Å². The fourth-order valence-electron chi connectivity index (χ4n) is 2.13. The average Bonchev–Trinajstić information content (AvgIpc) is 3.06. The highest BCUT2D eigenvalue weighted by Crippen LogP contribution is 2.23. The zero-order valence-corrected chi connectivity index (χ0v) is 15.7. The van der Waals surface area contributed by atoms with Gasteiger partial charge in [0.15, 0.2) is 0 Å². The minimum absolute atomic E-state index is 0.150. The Morgan fingerprint density at radius 3 is 2.56 bits per heavy atom. The van der Waals surface area contributed by atoms with Crippen molar-refractivity contribution >= 4 is 32.3 Å². The van der Waals surface area contributed by atoms with Gasteiger partial charge in [-0.15, -0.1) is 11.3 Å². The fraction of sp³-hybridized carbons (Fsp3) is 0.294. The van der Waals surface area contributed by atoms with Crippen LogP contribution in [-0.4, -0.2) is 32.2 Å². The zero-order valence-electron chi connectivity index (χ0n) is 14.0. The van der Waals surface area contributed by atoms with Crippen molar-refractivity contribution in [1.82, 2.24) is 4.31 Å². The number of nitriles is 1. The second kappa shape index (κ2) is 8.25. The van der Waals surface area contributed by atoms with Gasteiger partial charge in [-0.05, 0) is 42.1 Å². The molecular weight excluding hydrogens is 358 g/mol. The smallest absolute Gasteiger partial charge is 0.256 e. The van der Waals surface area contributed by atoms with Gasteiger partial charge < -0.3 is 5.32 Å². The van der Waals surface area contributed by atoms with Gasteiger partial charge in [-0.1, -0.05) is 13.3 Å². The number of carbonyl (C=O) groups is 1. The van der Waals surface area contributed by atoms with Crippen LogP contribution in [0.3, 0.4) is 0 Å². The molecule has 2 rings (SSSR count). The van der Waals surface area contributed by atoms with Crippen LogP contribution >= 0.6 is 11.3 Å². The van der Waals surface area contributed by atoms with Gasteiger partial charge in [0.25, 0.3) is 5.91 Å². The number of thiophene rings is 1. The Morgan fingerprint density at radius 1 is 1.28 bits per heavy atom. The maximum atomic E-state index is 12.4. The van der Waals surface area contributed by atoms with E-state index in [-0.39, 0.29) is 10.8 Å². The Balaban J connectivity index is 2.14. The van der Waals surface area contributed by atoms with Crippen LogP contribution < -0.4 is 5.32 Å². The Hall–Kier alpha value is -2.21. The lowest BCUT2D eigenvalue weighted by Crippen LogP contribution is -2.28. The van der Waals surface area contributed by atoms with Gasteiger partial charge in [0.2, 0.25) is 10.0 Å². The van der Waals surface area contributed by atoms with Gasteiger partial charge in [-0.2, -0.15) is 5.26 Å². The highest BCUT2D eigenvalue weighted by atomic mass is 32.2. The molecule has 1 aromatic heterocycles. The number of nitrogens with one attached hydrogen (secondary N) is 1. The average molecular weight is 377 g/mol. The lowest BCUT2D eigenvalue weighted by Gasteiger charge is -2.16. The van der Waals surface area contributed by atoms with Crippen LogP contribution in [0.5, 0.6) is 0 Å². The zero-order chi connectivity index (χ0) is 18.4. The molecule has 6 nitrogen and oxygen atoms in total. The third-order valence-electron chi connectivity index (χ3n) is 3.66. The molecule has 0 radical (unpaired) electrons. The number of unbranched alkanes of at least 4 members (excludes halogenated alkanes) is 1. The minimum Gasteiger partial charge on any atom is -0.312 e. The van der Waals surface area contributed by atoms with Crippen molar-refractivity contribution in [3.05, 3.63) is 46.8 Å². The first-order valence-corrected chi connectivity index (χ1v) is 10.1. The summed E-state index contributed by atoms with van der Waals surface area (Å²) in [4.78, 5) is 12.4. The molecule has 0 aliphatic carbocycles. The maximum Gasteiger partial charge on any atom is 0.256 e. The molecule has 0 bridgehead atoms. The number of carbonyl (C=O) groups excluding carboxylic acids is 1. The summed E-state index contributed by atoms with van der Waals surface area (Å²) in [5.74, 6) is -0.387. The lowest BCUT2D eigenvalue weighted by atomic mass is 10.2. The molecule has 1 aromatic carbocycles. The van der Waals surface area contributed by atoms with E-state index in [0.29, 0.717) is 22.7 Å². The monoisotopic (exact) mass is 377 g/mol. The Morgan fingerprint density at radius 2 is 1.96 bits per heavy atom. The Bertz CT molecular complexity index is 881. The van der Waals surface area contributed by atoms with Gasteiger partial charge >= 0.3 is 0 Å². The van der Waals surface area contributed by atoms with E-state index in [1.807, 2.05) is 13.0 Å². The van der Waals surface area contributed by atoms with Crippen molar-refractivity contribution in [2.75, 3.05) is 18.9 Å². The van der Waals surface area contributed by atoms with Crippen molar-refractivity contribution in [2.45, 2.75) is 24.7 Å². The second-order valence-corrected chi connectivity index (χ2v) is 8.39. The van der Waals surface area contributed by atoms with Crippen molar-refractivity contribution < 1.29 is 13.2 Å². The third-order valence-corrected chi connectivity index (χ3v) is 6.36. The van der Waals surface area contributed by atoms with Crippen molar-refractivity contribution in [2.24, 2.45) is 0 Å². The number of sulfonamides is 1. The number of nitrogens with zero attached hydrogens (tertiary/aromatic N) is 2. The van der Waals surface area contributed by atoms with E-state index < -0.39 is 10.0 Å². The first-order valence-electron chi connectivity index (χ1n) is 7.75. The van der Waals surface area contributed by atoms with Gasteiger partial charge in [0.1, 0.15) is 11.1 Å². The SMILES string of the molecule is CCCCN(C)S(=O)(=O)c1ccc(C(=O)Nc2sccc2C#N)cc1. The van der Waals surface area contributed by atoms with E-state index in [9.17, 15) is 13.2 Å². The number of benzene rings is 1. The first-order chi connectivity index (χ1) is 11.9. The summed E-state index contributed by atoms with van der Waals surface area (Å²) in [6.45, 7) is 2.45. The molecule has 0 unspecified atom stereocenters. The Kier molecular flexibility index (Phi) is 6.31. The molecule has 0 spiro atoms. The van der Waals surface area contributed by atoms with Crippen LogP contribution in [0, 0.1) is 11.3 Å². The molecule has 1 N–H and O–H groups in total. The van der Waals surface area contributed by atoms with Crippen LogP contribution in [0.25, 0.3) is 0 Å². The van der Waals surface area contributed by atoms with Gasteiger partial charge in [-0.25, -0.2) is 12.7 Å². The van der Waals surface area contributed by atoms with E-state index in [1.165, 1.54) is 39.9 Å². The summed E-state index contributed by atoms with van der Waals surface area (Å²) in [6.07, 6.45) is 1.70. The maximum absolute atomic E-state index is 12.4. The molecule has 0 saturated heterocycles. The molecule has 0 saturated carbocycles. The van der Waals surface area contributed by atoms with Crippen LogP contribution in [0.2, 0.25) is 0 Å². The largest absolute Gasteiger partial charge is 0.312 e. The topological polar surface area (TPSA) is 90.3 Å². The van der Waals surface area contributed by atoms with Gasteiger partial charge in [-0.3, -0.25) is 4.79 Å². The molecule has 0 atom stereocenters. The van der Waals surface area contributed by atoms with Crippen LogP contribution in [0.1, 0.15) is 35.7 Å². The van der Waals surface area contributed by atoms with Crippen molar-refractivity contribution in [3.63, 3.8) is 0 Å². The molecule has 132 valence electrons. The third kappa shape index (κ3) is 4.45. The standard InChI is InChI=1S/C17H19N3O3S2/c1-3-4-10-20(2)25(22,23)15-7-5-13(6-8-15)16(21)19-17-14(12-18)9-11-24-17/h5-9,11H,3-4,10H2,1-2H3,(H,19,21). The Labute approximate surface area is 151 Å². The molecule has 1 amide bonds. The molecule has 0 aliphatic rings. The first kappa shape index (κ1) is 19.1. The van der Waals surface area contributed by atoms with E-state index in [0.717, 1.165) is 12.8 Å². The van der Waals surface area contributed by atoms with Crippen LogP contribution in [0.15, 0.2) is 40.6 Å². The summed E-state index contributed by atoms with van der Waals surface area (Å²) in [7, 11) is -2.01. The van der Waals surface area contributed by atoms with Gasteiger partial charge in [0.05, 0.1) is 10.5 Å².